The summed E-state index contributed by atoms with van der Waals surface area (Å²) in [7, 11) is -0.970. The molecule has 1 amide bonds. The number of halogens is 1. The Labute approximate surface area is 154 Å². The lowest BCUT2D eigenvalue weighted by atomic mass is 10.2. The number of ether oxygens (including phenoxy) is 2. The molecule has 0 heterocycles. The summed E-state index contributed by atoms with van der Waals surface area (Å²) in [5.74, 6) is -1.29. The molecule has 0 fully saturated rings. The molecular formula is C17H27FN2O5S. The molecule has 9 heteroatoms. The lowest BCUT2D eigenvalue weighted by Gasteiger charge is -2.23. The number of benzene rings is 1. The largest absolute Gasteiger partial charge is 0.383 e. The fourth-order valence-corrected chi connectivity index (χ4v) is 3.99. The highest BCUT2D eigenvalue weighted by atomic mass is 32.2. The zero-order valence-corrected chi connectivity index (χ0v) is 16.5. The second-order valence-corrected chi connectivity index (χ2v) is 7.42. The molecule has 0 atom stereocenters. The molecular weight excluding hydrogens is 363 g/mol. The minimum absolute atomic E-state index is 0.101. The van der Waals surface area contributed by atoms with E-state index >= 15 is 0 Å². The van der Waals surface area contributed by atoms with E-state index in [2.05, 4.69) is 0 Å². The highest BCUT2D eigenvalue weighted by Crippen LogP contribution is 2.21. The predicted molar refractivity (Wildman–Crippen MR) is 96.2 cm³/mol. The minimum atomic E-state index is -4.01. The molecule has 0 N–H and O–H groups in total. The van der Waals surface area contributed by atoms with Crippen LogP contribution < -0.4 is 0 Å². The van der Waals surface area contributed by atoms with Gasteiger partial charge in [0.2, 0.25) is 10.0 Å². The number of rotatable bonds is 11. The lowest BCUT2D eigenvalue weighted by molar-refractivity contribution is 0.0627. The number of nitrogens with zero attached hydrogens (tertiary/aromatic N) is 2. The zero-order chi connectivity index (χ0) is 19.7. The zero-order valence-electron chi connectivity index (χ0n) is 15.7. The lowest BCUT2D eigenvalue weighted by Crippen LogP contribution is -2.37. The first-order chi connectivity index (χ1) is 12.3. The van der Waals surface area contributed by atoms with Gasteiger partial charge in [0.15, 0.2) is 0 Å². The first kappa shape index (κ1) is 22.5. The van der Waals surface area contributed by atoms with Crippen LogP contribution in [0.2, 0.25) is 0 Å². The van der Waals surface area contributed by atoms with Crippen LogP contribution in [0.4, 0.5) is 4.39 Å². The molecule has 0 aliphatic rings. The van der Waals surface area contributed by atoms with Gasteiger partial charge in [0.05, 0.1) is 13.2 Å². The van der Waals surface area contributed by atoms with Crippen molar-refractivity contribution in [1.82, 2.24) is 9.21 Å². The fraction of sp³-hybridized carbons (Fsp3) is 0.588. The highest BCUT2D eigenvalue weighted by Gasteiger charge is 2.27. The Bertz CT molecular complexity index is 684. The summed E-state index contributed by atoms with van der Waals surface area (Å²) in [5, 5.41) is 0. The van der Waals surface area contributed by atoms with E-state index in [-0.39, 0.29) is 18.7 Å². The Morgan fingerprint density at radius 1 is 1.08 bits per heavy atom. The molecule has 26 heavy (non-hydrogen) atoms. The number of carbonyl (C=O) groups is 1. The summed E-state index contributed by atoms with van der Waals surface area (Å²) < 4.78 is 50.6. The molecule has 148 valence electrons. The Balaban J connectivity index is 3.23. The van der Waals surface area contributed by atoms with Gasteiger partial charge in [0, 0.05) is 46.0 Å². The molecule has 1 aromatic carbocycles. The SMILES string of the molecule is CCN(CC)S(=O)(=O)c1cc(C(=O)N(CCOC)CCOC)ccc1F. The van der Waals surface area contributed by atoms with Crippen molar-refractivity contribution < 1.29 is 27.1 Å². The minimum Gasteiger partial charge on any atom is -0.383 e. The maximum Gasteiger partial charge on any atom is 0.254 e. The third-order valence-electron chi connectivity index (χ3n) is 3.92. The van der Waals surface area contributed by atoms with E-state index < -0.39 is 26.6 Å². The summed E-state index contributed by atoms with van der Waals surface area (Å²) in [4.78, 5) is 13.7. The van der Waals surface area contributed by atoms with Crippen molar-refractivity contribution >= 4 is 15.9 Å². The molecule has 0 aliphatic carbocycles. The van der Waals surface area contributed by atoms with Gasteiger partial charge in [-0.15, -0.1) is 0 Å². The Hall–Kier alpha value is -1.55. The Kier molecular flexibility index (Phi) is 9.14. The molecule has 0 unspecified atom stereocenters. The maximum absolute atomic E-state index is 14.2. The molecule has 0 spiro atoms. The number of hydrogen-bond acceptors (Lipinski definition) is 5. The average molecular weight is 390 g/mol. The van der Waals surface area contributed by atoms with Gasteiger partial charge in [0.25, 0.3) is 5.91 Å². The number of hydrogen-bond donors (Lipinski definition) is 0. The molecule has 0 saturated carbocycles. The van der Waals surface area contributed by atoms with E-state index in [1.54, 1.807) is 13.8 Å². The van der Waals surface area contributed by atoms with Gasteiger partial charge >= 0.3 is 0 Å². The summed E-state index contributed by atoms with van der Waals surface area (Å²) in [6.45, 7) is 5.04. The molecule has 7 nitrogen and oxygen atoms in total. The van der Waals surface area contributed by atoms with Crippen LogP contribution in [0.25, 0.3) is 0 Å². The normalized spacial score (nSPS) is 11.8. The topological polar surface area (TPSA) is 76.2 Å². The van der Waals surface area contributed by atoms with Crippen LogP contribution in [0.3, 0.4) is 0 Å². The quantitative estimate of drug-likeness (QED) is 0.574. The van der Waals surface area contributed by atoms with Crippen molar-refractivity contribution in [2.75, 3.05) is 53.6 Å². The predicted octanol–water partition coefficient (Wildman–Crippen LogP) is 1.59. The van der Waals surface area contributed by atoms with Crippen LogP contribution in [0, 0.1) is 5.82 Å². The van der Waals surface area contributed by atoms with Gasteiger partial charge in [0.1, 0.15) is 10.7 Å². The molecule has 1 rings (SSSR count). The van der Waals surface area contributed by atoms with Gasteiger partial charge in [-0.05, 0) is 18.2 Å². The fourth-order valence-electron chi connectivity index (χ4n) is 2.44. The average Bonchev–Trinajstić information content (AvgIpc) is 2.62. The Morgan fingerprint density at radius 2 is 1.62 bits per heavy atom. The van der Waals surface area contributed by atoms with Gasteiger partial charge in [-0.1, -0.05) is 13.8 Å². The molecule has 0 aliphatic heterocycles. The van der Waals surface area contributed by atoms with Crippen molar-refractivity contribution in [3.63, 3.8) is 0 Å². The van der Waals surface area contributed by atoms with Crippen LogP contribution >= 0.6 is 0 Å². The monoisotopic (exact) mass is 390 g/mol. The van der Waals surface area contributed by atoms with Crippen molar-refractivity contribution in [2.24, 2.45) is 0 Å². The third-order valence-corrected chi connectivity index (χ3v) is 5.98. The first-order valence-corrected chi connectivity index (χ1v) is 9.84. The molecule has 0 aromatic heterocycles. The van der Waals surface area contributed by atoms with Crippen LogP contribution in [-0.4, -0.2) is 77.1 Å². The van der Waals surface area contributed by atoms with E-state index in [1.807, 2.05) is 0 Å². The van der Waals surface area contributed by atoms with Gasteiger partial charge in [-0.2, -0.15) is 4.31 Å². The smallest absolute Gasteiger partial charge is 0.254 e. The number of amides is 1. The van der Waals surface area contributed by atoms with Crippen molar-refractivity contribution in [1.29, 1.82) is 0 Å². The van der Waals surface area contributed by atoms with E-state index in [1.165, 1.54) is 25.2 Å². The van der Waals surface area contributed by atoms with Crippen molar-refractivity contribution in [2.45, 2.75) is 18.7 Å². The maximum atomic E-state index is 14.2. The van der Waals surface area contributed by atoms with Crippen molar-refractivity contribution in [3.05, 3.63) is 29.6 Å². The summed E-state index contributed by atoms with van der Waals surface area (Å²) in [5.41, 5.74) is 0.101. The number of sulfonamides is 1. The summed E-state index contributed by atoms with van der Waals surface area (Å²) in [6.07, 6.45) is 0. The van der Waals surface area contributed by atoms with Gasteiger partial charge in [-0.25, -0.2) is 12.8 Å². The molecule has 1 aromatic rings. The first-order valence-electron chi connectivity index (χ1n) is 8.40. The van der Waals surface area contributed by atoms with E-state index in [0.717, 1.165) is 16.4 Å². The Morgan fingerprint density at radius 3 is 2.08 bits per heavy atom. The van der Waals surface area contributed by atoms with Crippen LogP contribution in [0.1, 0.15) is 24.2 Å². The van der Waals surface area contributed by atoms with Crippen LogP contribution in [0.15, 0.2) is 23.1 Å². The second-order valence-electron chi connectivity index (χ2n) is 5.51. The summed E-state index contributed by atoms with van der Waals surface area (Å²) >= 11 is 0. The standard InChI is InChI=1S/C17H27FN2O5S/c1-5-20(6-2)26(22,23)16-13-14(7-8-15(16)18)17(21)19(9-11-24-3)10-12-25-4/h7-8,13H,5-6,9-12H2,1-4H3. The van der Waals surface area contributed by atoms with E-state index in [9.17, 15) is 17.6 Å². The van der Waals surface area contributed by atoms with E-state index in [4.69, 9.17) is 9.47 Å². The summed E-state index contributed by atoms with van der Waals surface area (Å²) in [6, 6.07) is 3.39. The molecule has 0 bridgehead atoms. The van der Waals surface area contributed by atoms with E-state index in [0.29, 0.717) is 26.3 Å². The number of carbonyl (C=O) groups excluding carboxylic acids is 1. The number of methoxy groups -OCH3 is 2. The molecule has 0 saturated heterocycles. The van der Waals surface area contributed by atoms with Gasteiger partial charge in [-0.3, -0.25) is 4.79 Å². The third kappa shape index (κ3) is 5.47. The van der Waals surface area contributed by atoms with Gasteiger partial charge < -0.3 is 14.4 Å². The van der Waals surface area contributed by atoms with Crippen molar-refractivity contribution in [3.8, 4) is 0 Å². The highest BCUT2D eigenvalue weighted by molar-refractivity contribution is 7.89. The molecule has 0 radical (unpaired) electrons. The second kappa shape index (κ2) is 10.6. The van der Waals surface area contributed by atoms with Crippen LogP contribution in [-0.2, 0) is 19.5 Å². The van der Waals surface area contributed by atoms with Crippen LogP contribution in [0.5, 0.6) is 0 Å².